The molecule has 31 heavy (non-hydrogen) atoms. The van der Waals surface area contributed by atoms with Crippen molar-refractivity contribution in [1.82, 2.24) is 10.2 Å². The molecule has 0 aliphatic carbocycles. The van der Waals surface area contributed by atoms with Crippen LogP contribution in [0.2, 0.25) is 0 Å². The molecular weight excluding hydrogens is 413 g/mol. The molecule has 3 aromatic rings. The number of rotatable bonds is 7. The molecule has 2 heterocycles. The number of hydrogen-bond acceptors (Lipinski definition) is 5. The van der Waals surface area contributed by atoms with Crippen LogP contribution in [0.25, 0.3) is 0 Å². The van der Waals surface area contributed by atoms with Crippen LogP contribution in [0.3, 0.4) is 0 Å². The maximum absolute atomic E-state index is 13.4. The van der Waals surface area contributed by atoms with Gasteiger partial charge in [0.2, 0.25) is 5.91 Å². The SMILES string of the molecule is COc1ccccc1N1CCN(CC(=O)NC(c2ccc(F)cc2)c2cccs2)CC1. The van der Waals surface area contributed by atoms with E-state index in [-0.39, 0.29) is 17.8 Å². The van der Waals surface area contributed by atoms with Crippen LogP contribution in [0, 0.1) is 5.82 Å². The Hall–Kier alpha value is -2.90. The Morgan fingerprint density at radius 1 is 1.06 bits per heavy atom. The van der Waals surface area contributed by atoms with Gasteiger partial charge in [0.05, 0.1) is 25.4 Å². The van der Waals surface area contributed by atoms with Crippen molar-refractivity contribution in [3.8, 4) is 5.75 Å². The van der Waals surface area contributed by atoms with Crippen molar-refractivity contribution >= 4 is 22.9 Å². The number of nitrogens with zero attached hydrogens (tertiary/aromatic N) is 2. The lowest BCUT2D eigenvalue weighted by molar-refractivity contribution is -0.122. The van der Waals surface area contributed by atoms with Gasteiger partial charge in [0.15, 0.2) is 0 Å². The molecule has 1 saturated heterocycles. The minimum Gasteiger partial charge on any atom is -0.495 e. The van der Waals surface area contributed by atoms with E-state index in [1.54, 1.807) is 30.6 Å². The first kappa shape index (κ1) is 21.3. The molecule has 0 spiro atoms. The van der Waals surface area contributed by atoms with E-state index in [0.29, 0.717) is 6.54 Å². The molecule has 0 saturated carbocycles. The van der Waals surface area contributed by atoms with Crippen LogP contribution >= 0.6 is 11.3 Å². The van der Waals surface area contributed by atoms with E-state index >= 15 is 0 Å². The molecule has 1 fully saturated rings. The van der Waals surface area contributed by atoms with Gasteiger partial charge in [0.25, 0.3) is 0 Å². The molecule has 4 rings (SSSR count). The highest BCUT2D eigenvalue weighted by Gasteiger charge is 2.23. The first-order valence-electron chi connectivity index (χ1n) is 10.3. The van der Waals surface area contributed by atoms with Crippen LogP contribution < -0.4 is 15.0 Å². The van der Waals surface area contributed by atoms with Gasteiger partial charge in [-0.3, -0.25) is 9.69 Å². The van der Waals surface area contributed by atoms with Crippen molar-refractivity contribution in [2.45, 2.75) is 6.04 Å². The number of nitrogens with one attached hydrogen (secondary N) is 1. The number of anilines is 1. The van der Waals surface area contributed by atoms with Gasteiger partial charge in [-0.05, 0) is 41.3 Å². The summed E-state index contributed by atoms with van der Waals surface area (Å²) in [6.45, 7) is 3.60. The zero-order valence-electron chi connectivity index (χ0n) is 17.5. The van der Waals surface area contributed by atoms with Crippen molar-refractivity contribution in [1.29, 1.82) is 0 Å². The Balaban J connectivity index is 1.36. The number of hydrogen-bond donors (Lipinski definition) is 1. The van der Waals surface area contributed by atoms with E-state index in [0.717, 1.165) is 48.1 Å². The zero-order chi connectivity index (χ0) is 21.6. The second kappa shape index (κ2) is 9.94. The molecule has 1 atom stereocenters. The summed E-state index contributed by atoms with van der Waals surface area (Å²) in [5.74, 6) is 0.549. The third-order valence-corrected chi connectivity index (χ3v) is 6.44. The van der Waals surface area contributed by atoms with Crippen LogP contribution in [0.5, 0.6) is 5.75 Å². The number of ether oxygens (including phenoxy) is 1. The number of methoxy groups -OCH3 is 1. The Bertz CT molecular complexity index is 986. The first-order valence-corrected chi connectivity index (χ1v) is 11.2. The Morgan fingerprint density at radius 2 is 1.81 bits per heavy atom. The predicted molar refractivity (Wildman–Crippen MR) is 122 cm³/mol. The average molecular weight is 440 g/mol. The lowest BCUT2D eigenvalue weighted by Gasteiger charge is -2.36. The number of piperazine rings is 1. The molecule has 2 aromatic carbocycles. The van der Waals surface area contributed by atoms with Gasteiger partial charge < -0.3 is 15.0 Å². The maximum atomic E-state index is 13.4. The molecule has 1 aliphatic heterocycles. The summed E-state index contributed by atoms with van der Waals surface area (Å²) in [5, 5.41) is 5.12. The van der Waals surface area contributed by atoms with Crippen molar-refractivity contribution in [2.75, 3.05) is 44.7 Å². The van der Waals surface area contributed by atoms with Gasteiger partial charge in [0, 0.05) is 31.1 Å². The lowest BCUT2D eigenvalue weighted by atomic mass is 10.1. The number of carbonyl (C=O) groups excluding carboxylic acids is 1. The van der Waals surface area contributed by atoms with Gasteiger partial charge in [-0.15, -0.1) is 11.3 Å². The number of amides is 1. The fraction of sp³-hybridized carbons (Fsp3) is 0.292. The van der Waals surface area contributed by atoms with E-state index in [1.807, 2.05) is 35.7 Å². The molecule has 5 nitrogen and oxygen atoms in total. The minimum absolute atomic E-state index is 0.0338. The molecule has 1 aliphatic rings. The number of halogens is 1. The third-order valence-electron chi connectivity index (χ3n) is 5.50. The van der Waals surface area contributed by atoms with E-state index < -0.39 is 0 Å². The number of benzene rings is 2. The van der Waals surface area contributed by atoms with Gasteiger partial charge >= 0.3 is 0 Å². The summed E-state index contributed by atoms with van der Waals surface area (Å²) in [5.41, 5.74) is 1.96. The summed E-state index contributed by atoms with van der Waals surface area (Å²) in [6.07, 6.45) is 0. The quantitative estimate of drug-likeness (QED) is 0.606. The topological polar surface area (TPSA) is 44.8 Å². The van der Waals surface area contributed by atoms with Gasteiger partial charge in [-0.1, -0.05) is 30.3 Å². The third kappa shape index (κ3) is 5.24. The molecule has 7 heteroatoms. The number of carbonyl (C=O) groups is 1. The van der Waals surface area contributed by atoms with Gasteiger partial charge in [-0.2, -0.15) is 0 Å². The summed E-state index contributed by atoms with van der Waals surface area (Å²) in [7, 11) is 1.69. The van der Waals surface area contributed by atoms with Crippen molar-refractivity contribution < 1.29 is 13.9 Å². The fourth-order valence-electron chi connectivity index (χ4n) is 3.88. The van der Waals surface area contributed by atoms with Gasteiger partial charge in [0.1, 0.15) is 11.6 Å². The molecule has 1 N–H and O–H groups in total. The van der Waals surface area contributed by atoms with Crippen LogP contribution in [0.15, 0.2) is 66.0 Å². The van der Waals surface area contributed by atoms with Crippen molar-refractivity contribution in [2.24, 2.45) is 0 Å². The largest absolute Gasteiger partial charge is 0.495 e. The van der Waals surface area contributed by atoms with Crippen LogP contribution in [-0.4, -0.2) is 50.6 Å². The highest BCUT2D eigenvalue weighted by molar-refractivity contribution is 7.10. The minimum atomic E-state index is -0.284. The van der Waals surface area contributed by atoms with E-state index in [4.69, 9.17) is 4.74 Å². The molecule has 0 bridgehead atoms. The second-order valence-electron chi connectivity index (χ2n) is 7.50. The first-order chi connectivity index (χ1) is 15.1. The molecule has 1 amide bonds. The standard InChI is InChI=1S/C24H26FN3O2S/c1-30-21-6-3-2-5-20(21)28-14-12-27(13-15-28)17-23(29)26-24(22-7-4-16-31-22)18-8-10-19(25)11-9-18/h2-11,16,24H,12-15,17H2,1H3,(H,26,29). The van der Waals surface area contributed by atoms with Crippen LogP contribution in [0.4, 0.5) is 10.1 Å². The van der Waals surface area contributed by atoms with E-state index in [1.165, 1.54) is 12.1 Å². The average Bonchev–Trinajstić information content (AvgIpc) is 3.33. The Kier molecular flexibility index (Phi) is 6.84. The van der Waals surface area contributed by atoms with Crippen molar-refractivity contribution in [3.63, 3.8) is 0 Å². The normalized spacial score (nSPS) is 15.5. The Morgan fingerprint density at radius 3 is 2.48 bits per heavy atom. The molecule has 0 radical (unpaired) electrons. The van der Waals surface area contributed by atoms with E-state index in [9.17, 15) is 9.18 Å². The highest BCUT2D eigenvalue weighted by Crippen LogP contribution is 2.29. The molecule has 1 aromatic heterocycles. The smallest absolute Gasteiger partial charge is 0.234 e. The van der Waals surface area contributed by atoms with Crippen LogP contribution in [-0.2, 0) is 4.79 Å². The summed E-state index contributed by atoms with van der Waals surface area (Å²) in [6, 6.07) is 18.0. The number of para-hydroxylation sites is 2. The monoisotopic (exact) mass is 439 g/mol. The predicted octanol–water partition coefficient (Wildman–Crippen LogP) is 3.92. The molecule has 162 valence electrons. The fourth-order valence-corrected chi connectivity index (χ4v) is 4.68. The summed E-state index contributed by atoms with van der Waals surface area (Å²) in [4.78, 5) is 18.3. The van der Waals surface area contributed by atoms with Gasteiger partial charge in [-0.25, -0.2) is 4.39 Å². The molecular formula is C24H26FN3O2S. The highest BCUT2D eigenvalue weighted by atomic mass is 32.1. The Labute approximate surface area is 186 Å². The maximum Gasteiger partial charge on any atom is 0.234 e. The molecule has 1 unspecified atom stereocenters. The van der Waals surface area contributed by atoms with Crippen LogP contribution in [0.1, 0.15) is 16.5 Å². The lowest BCUT2D eigenvalue weighted by Crippen LogP contribution is -2.50. The summed E-state index contributed by atoms with van der Waals surface area (Å²) < 4.78 is 18.8. The number of thiophene rings is 1. The summed E-state index contributed by atoms with van der Waals surface area (Å²) >= 11 is 1.58. The zero-order valence-corrected chi connectivity index (χ0v) is 18.3. The van der Waals surface area contributed by atoms with Crippen molar-refractivity contribution in [3.05, 3.63) is 82.3 Å². The van der Waals surface area contributed by atoms with E-state index in [2.05, 4.69) is 21.2 Å². The second-order valence-corrected chi connectivity index (χ2v) is 8.48.